The Labute approximate surface area is 79.9 Å². The van der Waals surface area contributed by atoms with Gasteiger partial charge in [-0.25, -0.2) is 0 Å². The highest BCUT2D eigenvalue weighted by Crippen LogP contribution is 2.17. The highest BCUT2D eigenvalue weighted by molar-refractivity contribution is 5.75. The number of amides is 1. The largest absolute Gasteiger partial charge is 0.385 e. The summed E-state index contributed by atoms with van der Waals surface area (Å²) < 4.78 is 0. The number of likely N-dealkylation sites (tertiary alicyclic amines) is 1. The number of nitrogens with zero attached hydrogens (tertiary/aromatic N) is 1. The predicted octanol–water partition coefficient (Wildman–Crippen LogP) is -0.175. The highest BCUT2D eigenvalue weighted by Gasteiger charge is 2.38. The molecule has 4 nitrogen and oxygen atoms in total. The van der Waals surface area contributed by atoms with Crippen LogP contribution in [0, 0.1) is 0 Å². The normalized spacial score (nSPS) is 19.9. The molecule has 0 unspecified atom stereocenters. The Morgan fingerprint density at radius 3 is 2.54 bits per heavy atom. The molecule has 0 atom stereocenters. The SMILES string of the molecule is C.CCC(=O)NCC1(O)CN(C)C1. The van der Waals surface area contributed by atoms with Crippen LogP contribution in [0.2, 0.25) is 0 Å². The third-order valence-corrected chi connectivity index (χ3v) is 2.06. The molecular weight excluding hydrogens is 168 g/mol. The molecule has 0 bridgehead atoms. The maximum Gasteiger partial charge on any atom is 0.219 e. The van der Waals surface area contributed by atoms with Crippen molar-refractivity contribution in [1.29, 1.82) is 0 Å². The molecular formula is C9H20N2O2. The molecule has 0 radical (unpaired) electrons. The lowest BCUT2D eigenvalue weighted by atomic mass is 9.95. The van der Waals surface area contributed by atoms with Crippen molar-refractivity contribution in [3.63, 3.8) is 0 Å². The van der Waals surface area contributed by atoms with E-state index in [0.717, 1.165) is 0 Å². The summed E-state index contributed by atoms with van der Waals surface area (Å²) >= 11 is 0. The van der Waals surface area contributed by atoms with Gasteiger partial charge in [-0.2, -0.15) is 0 Å². The Morgan fingerprint density at radius 1 is 1.62 bits per heavy atom. The van der Waals surface area contributed by atoms with Crippen molar-refractivity contribution in [2.24, 2.45) is 0 Å². The van der Waals surface area contributed by atoms with Crippen LogP contribution in [0.3, 0.4) is 0 Å². The lowest BCUT2D eigenvalue weighted by Gasteiger charge is -2.44. The average molecular weight is 188 g/mol. The Hall–Kier alpha value is -0.610. The summed E-state index contributed by atoms with van der Waals surface area (Å²) in [4.78, 5) is 12.9. The van der Waals surface area contributed by atoms with E-state index < -0.39 is 5.60 Å². The summed E-state index contributed by atoms with van der Waals surface area (Å²) in [6, 6.07) is 0. The number of aliphatic hydroxyl groups is 1. The Kier molecular flexibility index (Phi) is 4.36. The summed E-state index contributed by atoms with van der Waals surface area (Å²) in [5.74, 6) is -0.00187. The van der Waals surface area contributed by atoms with Gasteiger partial charge in [0.25, 0.3) is 0 Å². The third-order valence-electron chi connectivity index (χ3n) is 2.06. The summed E-state index contributed by atoms with van der Waals surface area (Å²) in [7, 11) is 1.94. The van der Waals surface area contributed by atoms with E-state index in [1.54, 1.807) is 6.92 Å². The second-order valence-electron chi connectivity index (χ2n) is 3.53. The summed E-state index contributed by atoms with van der Waals surface area (Å²) in [6.45, 7) is 3.48. The van der Waals surface area contributed by atoms with Crippen molar-refractivity contribution in [3.05, 3.63) is 0 Å². The number of carbonyl (C=O) groups is 1. The summed E-state index contributed by atoms with van der Waals surface area (Å²) in [5, 5.41) is 12.3. The van der Waals surface area contributed by atoms with E-state index in [0.29, 0.717) is 26.1 Å². The van der Waals surface area contributed by atoms with E-state index in [-0.39, 0.29) is 13.3 Å². The van der Waals surface area contributed by atoms with Crippen LogP contribution in [0.5, 0.6) is 0 Å². The number of nitrogens with one attached hydrogen (secondary N) is 1. The van der Waals surface area contributed by atoms with Gasteiger partial charge in [-0.05, 0) is 7.05 Å². The topological polar surface area (TPSA) is 52.6 Å². The summed E-state index contributed by atoms with van der Waals surface area (Å²) in [5.41, 5.74) is -0.681. The van der Waals surface area contributed by atoms with Gasteiger partial charge in [0.15, 0.2) is 0 Å². The lowest BCUT2D eigenvalue weighted by Crippen LogP contribution is -2.64. The van der Waals surface area contributed by atoms with Crippen molar-refractivity contribution >= 4 is 5.91 Å². The fourth-order valence-electron chi connectivity index (χ4n) is 1.46. The van der Waals surface area contributed by atoms with Crippen molar-refractivity contribution in [3.8, 4) is 0 Å². The van der Waals surface area contributed by atoms with Crippen LogP contribution < -0.4 is 5.32 Å². The summed E-state index contributed by atoms with van der Waals surface area (Å²) in [6.07, 6.45) is 0.478. The Morgan fingerprint density at radius 2 is 2.15 bits per heavy atom. The number of carbonyl (C=O) groups excluding carboxylic acids is 1. The second-order valence-corrected chi connectivity index (χ2v) is 3.53. The molecule has 0 aliphatic carbocycles. The van der Waals surface area contributed by atoms with E-state index in [4.69, 9.17) is 0 Å². The zero-order valence-corrected chi connectivity index (χ0v) is 7.63. The Balaban J connectivity index is 0.00000144. The van der Waals surface area contributed by atoms with Crippen LogP contribution >= 0.6 is 0 Å². The van der Waals surface area contributed by atoms with Crippen LogP contribution in [-0.4, -0.2) is 48.2 Å². The minimum absolute atomic E-state index is 0. The van der Waals surface area contributed by atoms with E-state index in [1.165, 1.54) is 0 Å². The van der Waals surface area contributed by atoms with Crippen molar-refractivity contribution in [2.75, 3.05) is 26.7 Å². The quantitative estimate of drug-likeness (QED) is 0.646. The second kappa shape index (κ2) is 4.58. The third kappa shape index (κ3) is 3.32. The Bertz CT molecular complexity index is 176. The van der Waals surface area contributed by atoms with Crippen LogP contribution in [0.4, 0.5) is 0 Å². The maximum absolute atomic E-state index is 10.8. The maximum atomic E-state index is 10.8. The fraction of sp³-hybridized carbons (Fsp3) is 0.889. The molecule has 1 saturated heterocycles. The number of β-amino-alcohol motifs (C(OH)–C–C–N with tert-alkyl or cyclic N) is 1. The molecule has 0 aromatic carbocycles. The molecule has 78 valence electrons. The van der Waals surface area contributed by atoms with Crippen molar-refractivity contribution in [2.45, 2.75) is 26.4 Å². The first kappa shape index (κ1) is 12.4. The molecule has 1 heterocycles. The fourth-order valence-corrected chi connectivity index (χ4v) is 1.46. The van der Waals surface area contributed by atoms with Gasteiger partial charge in [-0.15, -0.1) is 0 Å². The van der Waals surface area contributed by atoms with Gasteiger partial charge in [-0.1, -0.05) is 14.4 Å². The van der Waals surface area contributed by atoms with Gasteiger partial charge in [-0.3, -0.25) is 4.79 Å². The first-order valence-corrected chi connectivity index (χ1v) is 4.23. The first-order chi connectivity index (χ1) is 5.56. The molecule has 4 heteroatoms. The molecule has 0 aromatic heterocycles. The van der Waals surface area contributed by atoms with Crippen LogP contribution in [0.1, 0.15) is 20.8 Å². The molecule has 0 aromatic rings. The lowest BCUT2D eigenvalue weighted by molar-refractivity contribution is -0.125. The monoisotopic (exact) mass is 188 g/mol. The molecule has 0 saturated carbocycles. The van der Waals surface area contributed by atoms with Crippen LogP contribution in [-0.2, 0) is 4.79 Å². The number of likely N-dealkylation sites (N-methyl/N-ethyl adjacent to an activating group) is 1. The molecule has 1 aliphatic rings. The highest BCUT2D eigenvalue weighted by atomic mass is 16.3. The van der Waals surface area contributed by atoms with Crippen molar-refractivity contribution in [1.82, 2.24) is 10.2 Å². The van der Waals surface area contributed by atoms with E-state index in [2.05, 4.69) is 5.32 Å². The minimum atomic E-state index is -0.681. The van der Waals surface area contributed by atoms with E-state index in [9.17, 15) is 9.90 Å². The van der Waals surface area contributed by atoms with E-state index in [1.807, 2.05) is 11.9 Å². The minimum Gasteiger partial charge on any atom is -0.385 e. The van der Waals surface area contributed by atoms with Crippen LogP contribution in [0.15, 0.2) is 0 Å². The van der Waals surface area contributed by atoms with E-state index >= 15 is 0 Å². The standard InChI is InChI=1S/C8H16N2O2.CH4/c1-3-7(11)9-4-8(12)5-10(2)6-8;/h12H,3-6H2,1-2H3,(H,9,11);1H4. The first-order valence-electron chi connectivity index (χ1n) is 4.23. The molecule has 0 spiro atoms. The van der Waals surface area contributed by atoms with Gasteiger partial charge >= 0.3 is 0 Å². The number of rotatable bonds is 3. The molecule has 1 aliphatic heterocycles. The zero-order valence-electron chi connectivity index (χ0n) is 7.63. The molecule has 1 fully saturated rings. The zero-order chi connectivity index (χ0) is 9.19. The van der Waals surface area contributed by atoms with Gasteiger partial charge in [0.2, 0.25) is 5.91 Å². The average Bonchev–Trinajstić information content (AvgIpc) is 1.98. The van der Waals surface area contributed by atoms with Gasteiger partial charge < -0.3 is 15.3 Å². The number of hydrogen-bond acceptors (Lipinski definition) is 3. The van der Waals surface area contributed by atoms with Crippen molar-refractivity contribution < 1.29 is 9.90 Å². The smallest absolute Gasteiger partial charge is 0.219 e. The predicted molar refractivity (Wildman–Crippen MR) is 52.5 cm³/mol. The van der Waals surface area contributed by atoms with Gasteiger partial charge in [0.05, 0.1) is 0 Å². The number of hydrogen-bond donors (Lipinski definition) is 2. The molecule has 1 amide bonds. The molecule has 1 rings (SSSR count). The van der Waals surface area contributed by atoms with Gasteiger partial charge in [0.1, 0.15) is 5.60 Å². The van der Waals surface area contributed by atoms with Gasteiger partial charge in [0, 0.05) is 26.1 Å². The molecule has 13 heavy (non-hydrogen) atoms. The molecule has 2 N–H and O–H groups in total. The van der Waals surface area contributed by atoms with Crippen LogP contribution in [0.25, 0.3) is 0 Å².